The van der Waals surface area contributed by atoms with E-state index in [1.165, 1.54) is 6.07 Å². The van der Waals surface area contributed by atoms with E-state index in [0.29, 0.717) is 0 Å². The number of aromatic nitrogens is 1. The largest absolute Gasteiger partial charge is 0.573 e. The van der Waals surface area contributed by atoms with Gasteiger partial charge in [0.15, 0.2) is 11.4 Å². The topological polar surface area (TPSA) is 45.9 Å². The van der Waals surface area contributed by atoms with Crippen LogP contribution in [0, 0.1) is 11.3 Å². The maximum Gasteiger partial charge on any atom is 0.573 e. The van der Waals surface area contributed by atoms with E-state index in [4.69, 9.17) is 16.9 Å². The zero-order chi connectivity index (χ0) is 11.6. The molecule has 0 saturated carbocycles. The van der Waals surface area contributed by atoms with Crippen LogP contribution < -0.4 is 4.74 Å². The van der Waals surface area contributed by atoms with Gasteiger partial charge in [0, 0.05) is 6.20 Å². The Hall–Kier alpha value is -1.00. The highest BCUT2D eigenvalue weighted by atomic mass is 79.9. The van der Waals surface area contributed by atoms with Gasteiger partial charge in [-0.15, -0.1) is 13.2 Å². The zero-order valence-electron chi connectivity index (χ0n) is 6.77. The first-order chi connectivity index (χ1) is 6.85. The highest BCUT2D eigenvalue weighted by molar-refractivity contribution is 9.10. The first-order valence-electron chi connectivity index (χ1n) is 3.35. The predicted octanol–water partition coefficient (Wildman–Crippen LogP) is 3.27. The minimum Gasteiger partial charge on any atom is -0.403 e. The van der Waals surface area contributed by atoms with Gasteiger partial charge in [0.2, 0.25) is 0 Å². The third-order valence-electron chi connectivity index (χ3n) is 1.25. The van der Waals surface area contributed by atoms with Crippen LogP contribution in [0.1, 0.15) is 5.69 Å². The number of nitriles is 1. The number of hydrogen-bond acceptors (Lipinski definition) is 3. The molecule has 0 spiro atoms. The molecule has 1 heterocycles. The maximum atomic E-state index is 11.9. The van der Waals surface area contributed by atoms with Crippen LogP contribution >= 0.6 is 27.5 Å². The highest BCUT2D eigenvalue weighted by Gasteiger charge is 2.33. The Morgan fingerprint density at radius 3 is 2.60 bits per heavy atom. The summed E-state index contributed by atoms with van der Waals surface area (Å²) in [4.78, 5) is 3.50. The summed E-state index contributed by atoms with van der Waals surface area (Å²) < 4.78 is 39.4. The number of hydrogen-bond donors (Lipinski definition) is 0. The van der Waals surface area contributed by atoms with Gasteiger partial charge >= 0.3 is 6.36 Å². The van der Waals surface area contributed by atoms with Gasteiger partial charge in [-0.1, -0.05) is 11.6 Å². The van der Waals surface area contributed by atoms with Gasteiger partial charge < -0.3 is 4.74 Å². The Morgan fingerprint density at radius 2 is 2.13 bits per heavy atom. The molecular formula is C7HBrClF3N2O. The van der Waals surface area contributed by atoms with E-state index in [1.807, 2.05) is 0 Å². The summed E-state index contributed by atoms with van der Waals surface area (Å²) in [5, 5.41) is 8.00. The lowest BCUT2D eigenvalue weighted by atomic mass is 10.3. The minimum absolute atomic E-state index is 0.0798. The third-order valence-corrected chi connectivity index (χ3v) is 2.17. The van der Waals surface area contributed by atoms with Gasteiger partial charge in [0.05, 0.1) is 4.47 Å². The first-order valence-corrected chi connectivity index (χ1v) is 4.52. The molecule has 15 heavy (non-hydrogen) atoms. The smallest absolute Gasteiger partial charge is 0.403 e. The summed E-state index contributed by atoms with van der Waals surface area (Å²) >= 11 is 8.26. The van der Waals surface area contributed by atoms with E-state index < -0.39 is 17.1 Å². The van der Waals surface area contributed by atoms with Gasteiger partial charge in [-0.25, -0.2) is 4.98 Å². The van der Waals surface area contributed by atoms with Crippen molar-refractivity contribution in [2.45, 2.75) is 6.36 Å². The fourth-order valence-electron chi connectivity index (χ4n) is 0.736. The minimum atomic E-state index is -4.87. The summed E-state index contributed by atoms with van der Waals surface area (Å²) in [5.41, 5.74) is -0.334. The molecule has 0 aromatic carbocycles. The van der Waals surface area contributed by atoms with E-state index in [-0.39, 0.29) is 10.2 Å². The highest BCUT2D eigenvalue weighted by Crippen LogP contribution is 2.37. The lowest BCUT2D eigenvalue weighted by molar-refractivity contribution is -0.274. The predicted molar refractivity (Wildman–Crippen MR) is 48.3 cm³/mol. The fraction of sp³-hybridized carbons (Fsp3) is 0.143. The second kappa shape index (κ2) is 4.24. The normalized spacial score (nSPS) is 10.9. The number of pyridine rings is 1. The van der Waals surface area contributed by atoms with Crippen LogP contribution in [0.15, 0.2) is 10.7 Å². The molecule has 0 bridgehead atoms. The standard InChI is InChI=1S/C7HBrClF3N2O/c8-3-2-14-4(1-13)5(9)6(3)15-7(10,11)12/h2H. The molecule has 0 atom stereocenters. The van der Waals surface area contributed by atoms with Crippen molar-refractivity contribution < 1.29 is 17.9 Å². The van der Waals surface area contributed by atoms with Crippen LogP contribution in [-0.4, -0.2) is 11.3 Å². The average molecular weight is 301 g/mol. The molecule has 0 fully saturated rings. The van der Waals surface area contributed by atoms with Crippen molar-refractivity contribution in [1.82, 2.24) is 4.98 Å². The monoisotopic (exact) mass is 300 g/mol. The molecule has 0 aliphatic heterocycles. The van der Waals surface area contributed by atoms with Gasteiger partial charge in [-0.2, -0.15) is 5.26 Å². The number of ether oxygens (including phenoxy) is 1. The van der Waals surface area contributed by atoms with Crippen molar-refractivity contribution in [3.8, 4) is 11.8 Å². The van der Waals surface area contributed by atoms with E-state index in [0.717, 1.165) is 6.20 Å². The molecular weight excluding hydrogens is 300 g/mol. The second-order valence-electron chi connectivity index (χ2n) is 2.26. The summed E-state index contributed by atoms with van der Waals surface area (Å²) in [6.45, 7) is 0. The van der Waals surface area contributed by atoms with Crippen molar-refractivity contribution in [3.63, 3.8) is 0 Å². The van der Waals surface area contributed by atoms with Gasteiger partial charge in [-0.05, 0) is 15.9 Å². The molecule has 0 amide bonds. The summed E-state index contributed by atoms with van der Waals surface area (Å²) in [6.07, 6.45) is -3.87. The Morgan fingerprint density at radius 1 is 1.53 bits per heavy atom. The van der Waals surface area contributed by atoms with Crippen molar-refractivity contribution in [1.29, 1.82) is 5.26 Å². The lowest BCUT2D eigenvalue weighted by Crippen LogP contribution is -2.18. The van der Waals surface area contributed by atoms with Crippen molar-refractivity contribution in [3.05, 3.63) is 21.4 Å². The van der Waals surface area contributed by atoms with Crippen LogP contribution in [0.25, 0.3) is 0 Å². The van der Waals surface area contributed by atoms with Crippen LogP contribution in [0.3, 0.4) is 0 Å². The Labute approximate surface area is 95.6 Å². The number of halogens is 5. The third kappa shape index (κ3) is 2.97. The Balaban J connectivity index is 3.23. The maximum absolute atomic E-state index is 11.9. The van der Waals surface area contributed by atoms with Crippen LogP contribution in [0.5, 0.6) is 5.75 Å². The molecule has 8 heteroatoms. The average Bonchev–Trinajstić information content (AvgIpc) is 2.11. The zero-order valence-corrected chi connectivity index (χ0v) is 9.11. The number of alkyl halides is 3. The van der Waals surface area contributed by atoms with E-state index in [2.05, 4.69) is 25.7 Å². The number of nitrogens with zero attached hydrogens (tertiary/aromatic N) is 2. The van der Waals surface area contributed by atoms with E-state index >= 15 is 0 Å². The van der Waals surface area contributed by atoms with E-state index in [1.54, 1.807) is 0 Å². The van der Waals surface area contributed by atoms with Crippen molar-refractivity contribution >= 4 is 27.5 Å². The molecule has 1 aromatic heterocycles. The number of rotatable bonds is 1. The quantitative estimate of drug-likeness (QED) is 0.800. The SMILES string of the molecule is N#Cc1ncc(Br)c(OC(F)(F)F)c1Cl. The summed E-state index contributed by atoms with van der Waals surface area (Å²) in [7, 11) is 0. The molecule has 0 N–H and O–H groups in total. The molecule has 1 rings (SSSR count). The summed E-state index contributed by atoms with van der Waals surface area (Å²) in [6, 6.07) is 1.54. The fourth-order valence-corrected chi connectivity index (χ4v) is 1.46. The molecule has 3 nitrogen and oxygen atoms in total. The van der Waals surface area contributed by atoms with Gasteiger partial charge in [0.1, 0.15) is 11.1 Å². The van der Waals surface area contributed by atoms with Crippen molar-refractivity contribution in [2.75, 3.05) is 0 Å². The molecule has 1 aromatic rings. The molecule has 0 radical (unpaired) electrons. The molecule has 0 unspecified atom stereocenters. The van der Waals surface area contributed by atoms with Crippen LogP contribution in [0.2, 0.25) is 5.02 Å². The van der Waals surface area contributed by atoms with Crippen LogP contribution in [-0.2, 0) is 0 Å². The Bertz CT molecular complexity index is 429. The lowest BCUT2D eigenvalue weighted by Gasteiger charge is -2.11. The van der Waals surface area contributed by atoms with Gasteiger partial charge in [0.25, 0.3) is 0 Å². The van der Waals surface area contributed by atoms with Crippen LogP contribution in [0.4, 0.5) is 13.2 Å². The summed E-state index contributed by atoms with van der Waals surface area (Å²) in [5.74, 6) is -0.671. The molecule has 0 aliphatic carbocycles. The second-order valence-corrected chi connectivity index (χ2v) is 3.49. The molecule has 0 saturated heterocycles. The van der Waals surface area contributed by atoms with Crippen molar-refractivity contribution in [2.24, 2.45) is 0 Å². The molecule has 80 valence electrons. The first kappa shape index (κ1) is 12.1. The molecule has 0 aliphatic rings. The Kier molecular flexibility index (Phi) is 3.42. The van der Waals surface area contributed by atoms with Gasteiger partial charge in [-0.3, -0.25) is 0 Å². The van der Waals surface area contributed by atoms with E-state index in [9.17, 15) is 13.2 Å².